The predicted octanol–water partition coefficient (Wildman–Crippen LogP) is 1.80. The van der Waals surface area contributed by atoms with Gasteiger partial charge in [0, 0.05) is 18.5 Å². The molecule has 1 amide bonds. The van der Waals surface area contributed by atoms with E-state index in [0.717, 1.165) is 31.5 Å². The van der Waals surface area contributed by atoms with Gasteiger partial charge in [-0.25, -0.2) is 4.39 Å². The minimum atomic E-state index is -0.234. The van der Waals surface area contributed by atoms with Crippen molar-refractivity contribution in [3.63, 3.8) is 0 Å². The summed E-state index contributed by atoms with van der Waals surface area (Å²) in [4.78, 5) is 13.3. The van der Waals surface area contributed by atoms with Crippen LogP contribution in [-0.4, -0.2) is 29.9 Å². The van der Waals surface area contributed by atoms with Gasteiger partial charge in [-0.15, -0.1) is 0 Å². The SMILES string of the molecule is CC(N)C(c1ccc(F)cc1)N1CCC(CC(N)=O)CC1. The third kappa shape index (κ3) is 4.25. The molecule has 2 unspecified atom stereocenters. The zero-order chi connectivity index (χ0) is 15.4. The highest BCUT2D eigenvalue weighted by atomic mass is 19.1. The van der Waals surface area contributed by atoms with Gasteiger partial charge in [0.05, 0.1) is 0 Å². The van der Waals surface area contributed by atoms with Crippen LogP contribution >= 0.6 is 0 Å². The molecule has 4 N–H and O–H groups in total. The standard InChI is InChI=1S/C16H24FN3O/c1-11(18)16(13-2-4-14(17)5-3-13)20-8-6-12(7-9-20)10-15(19)21/h2-5,11-12,16H,6-10,18H2,1H3,(H2,19,21). The molecular weight excluding hydrogens is 269 g/mol. The zero-order valence-electron chi connectivity index (χ0n) is 12.5. The van der Waals surface area contributed by atoms with Gasteiger partial charge >= 0.3 is 0 Å². The fourth-order valence-corrected chi connectivity index (χ4v) is 3.23. The first-order chi connectivity index (χ1) is 9.97. The highest BCUT2D eigenvalue weighted by molar-refractivity contribution is 5.73. The number of carbonyl (C=O) groups excluding carboxylic acids is 1. The smallest absolute Gasteiger partial charge is 0.217 e. The second kappa shape index (κ2) is 7.00. The quantitative estimate of drug-likeness (QED) is 0.869. The fraction of sp³-hybridized carbons (Fsp3) is 0.562. The number of halogens is 1. The Morgan fingerprint density at radius 3 is 2.38 bits per heavy atom. The van der Waals surface area contributed by atoms with Gasteiger partial charge in [-0.05, 0) is 56.5 Å². The van der Waals surface area contributed by atoms with Gasteiger partial charge < -0.3 is 11.5 Å². The van der Waals surface area contributed by atoms with E-state index < -0.39 is 0 Å². The van der Waals surface area contributed by atoms with Crippen molar-refractivity contribution < 1.29 is 9.18 Å². The van der Waals surface area contributed by atoms with Gasteiger partial charge in [0.25, 0.3) is 0 Å². The molecule has 4 nitrogen and oxygen atoms in total. The van der Waals surface area contributed by atoms with Gasteiger partial charge in [0.1, 0.15) is 5.82 Å². The molecule has 21 heavy (non-hydrogen) atoms. The van der Waals surface area contributed by atoms with Crippen molar-refractivity contribution in [1.29, 1.82) is 0 Å². The van der Waals surface area contributed by atoms with Crippen LogP contribution in [0.3, 0.4) is 0 Å². The highest BCUT2D eigenvalue weighted by Gasteiger charge is 2.28. The topological polar surface area (TPSA) is 72.3 Å². The van der Waals surface area contributed by atoms with Crippen LogP contribution in [0.5, 0.6) is 0 Å². The summed E-state index contributed by atoms with van der Waals surface area (Å²) in [7, 11) is 0. The third-order valence-corrected chi connectivity index (χ3v) is 4.24. The molecule has 1 aliphatic heterocycles. The van der Waals surface area contributed by atoms with Crippen LogP contribution in [0.15, 0.2) is 24.3 Å². The molecule has 0 radical (unpaired) electrons. The average Bonchev–Trinajstić information content (AvgIpc) is 2.42. The summed E-state index contributed by atoms with van der Waals surface area (Å²) >= 11 is 0. The van der Waals surface area contributed by atoms with E-state index in [4.69, 9.17) is 11.5 Å². The predicted molar refractivity (Wildman–Crippen MR) is 80.9 cm³/mol. The van der Waals surface area contributed by atoms with Crippen molar-refractivity contribution >= 4 is 5.91 Å². The Hall–Kier alpha value is -1.46. The molecule has 1 aromatic carbocycles. The molecule has 1 aromatic rings. The van der Waals surface area contributed by atoms with Crippen LogP contribution in [0, 0.1) is 11.7 Å². The molecule has 0 aromatic heterocycles. The first kappa shape index (κ1) is 15.9. The Kier molecular flexibility index (Phi) is 5.31. The largest absolute Gasteiger partial charge is 0.370 e. The number of hydrogen-bond acceptors (Lipinski definition) is 3. The Morgan fingerprint density at radius 1 is 1.33 bits per heavy atom. The second-order valence-electron chi connectivity index (χ2n) is 6.01. The molecule has 0 bridgehead atoms. The van der Waals surface area contributed by atoms with Crippen molar-refractivity contribution in [3.05, 3.63) is 35.6 Å². The number of likely N-dealkylation sites (tertiary alicyclic amines) is 1. The van der Waals surface area contributed by atoms with Gasteiger partial charge in [-0.1, -0.05) is 12.1 Å². The zero-order valence-corrected chi connectivity index (χ0v) is 12.5. The van der Waals surface area contributed by atoms with Crippen molar-refractivity contribution in [3.8, 4) is 0 Å². The molecule has 5 heteroatoms. The van der Waals surface area contributed by atoms with E-state index in [1.54, 1.807) is 12.1 Å². The minimum absolute atomic E-state index is 0.0387. The summed E-state index contributed by atoms with van der Waals surface area (Å²) in [6, 6.07) is 6.61. The monoisotopic (exact) mass is 293 g/mol. The van der Waals surface area contributed by atoms with E-state index in [2.05, 4.69) is 4.90 Å². The number of primary amides is 1. The first-order valence-electron chi connectivity index (χ1n) is 7.50. The fourth-order valence-electron chi connectivity index (χ4n) is 3.23. The average molecular weight is 293 g/mol. The van der Waals surface area contributed by atoms with E-state index in [0.29, 0.717) is 12.3 Å². The molecule has 0 saturated carbocycles. The molecule has 1 fully saturated rings. The second-order valence-corrected chi connectivity index (χ2v) is 6.01. The molecule has 1 heterocycles. The normalized spacial score (nSPS) is 20.1. The number of carbonyl (C=O) groups is 1. The summed E-state index contributed by atoms with van der Waals surface area (Å²) in [6.45, 7) is 3.76. The summed E-state index contributed by atoms with van der Waals surface area (Å²) in [5.41, 5.74) is 12.4. The lowest BCUT2D eigenvalue weighted by Gasteiger charge is -2.39. The van der Waals surface area contributed by atoms with Gasteiger partial charge in [0.15, 0.2) is 0 Å². The number of benzene rings is 1. The number of amides is 1. The lowest BCUT2D eigenvalue weighted by molar-refractivity contribution is -0.119. The van der Waals surface area contributed by atoms with E-state index in [-0.39, 0.29) is 23.8 Å². The van der Waals surface area contributed by atoms with Gasteiger partial charge in [-0.3, -0.25) is 9.69 Å². The molecule has 2 rings (SSSR count). The number of rotatable bonds is 5. The lowest BCUT2D eigenvalue weighted by Crippen LogP contribution is -2.44. The van der Waals surface area contributed by atoms with Crippen LogP contribution in [-0.2, 0) is 4.79 Å². The van der Waals surface area contributed by atoms with Crippen LogP contribution in [0.4, 0.5) is 4.39 Å². The number of piperidine rings is 1. The van der Waals surface area contributed by atoms with Crippen molar-refractivity contribution in [1.82, 2.24) is 4.90 Å². The van der Waals surface area contributed by atoms with E-state index in [1.165, 1.54) is 12.1 Å². The Morgan fingerprint density at radius 2 is 1.90 bits per heavy atom. The van der Waals surface area contributed by atoms with E-state index in [9.17, 15) is 9.18 Å². The Balaban J connectivity index is 2.04. The summed E-state index contributed by atoms with van der Waals surface area (Å²) < 4.78 is 13.1. The summed E-state index contributed by atoms with van der Waals surface area (Å²) in [6.07, 6.45) is 2.37. The molecule has 116 valence electrons. The first-order valence-corrected chi connectivity index (χ1v) is 7.50. The maximum absolute atomic E-state index is 13.1. The Labute approximate surface area is 125 Å². The lowest BCUT2D eigenvalue weighted by atomic mass is 9.90. The Bertz CT molecular complexity index is 467. The van der Waals surface area contributed by atoms with Crippen molar-refractivity contribution in [2.45, 2.75) is 38.3 Å². The van der Waals surface area contributed by atoms with Crippen LogP contribution < -0.4 is 11.5 Å². The van der Waals surface area contributed by atoms with E-state index in [1.807, 2.05) is 6.92 Å². The summed E-state index contributed by atoms with van der Waals surface area (Å²) in [5.74, 6) is -0.0845. The minimum Gasteiger partial charge on any atom is -0.370 e. The molecule has 1 saturated heterocycles. The van der Waals surface area contributed by atoms with Crippen LogP contribution in [0.2, 0.25) is 0 Å². The van der Waals surface area contributed by atoms with E-state index >= 15 is 0 Å². The van der Waals surface area contributed by atoms with Gasteiger partial charge in [-0.2, -0.15) is 0 Å². The number of nitrogens with zero attached hydrogens (tertiary/aromatic N) is 1. The third-order valence-electron chi connectivity index (χ3n) is 4.24. The van der Waals surface area contributed by atoms with Crippen molar-refractivity contribution in [2.24, 2.45) is 17.4 Å². The number of nitrogens with two attached hydrogens (primary N) is 2. The molecule has 2 atom stereocenters. The highest BCUT2D eigenvalue weighted by Crippen LogP contribution is 2.30. The maximum atomic E-state index is 13.1. The molecule has 1 aliphatic rings. The summed E-state index contributed by atoms with van der Waals surface area (Å²) in [5, 5.41) is 0. The molecular formula is C16H24FN3O. The maximum Gasteiger partial charge on any atom is 0.217 e. The van der Waals surface area contributed by atoms with Gasteiger partial charge in [0.2, 0.25) is 5.91 Å². The van der Waals surface area contributed by atoms with Crippen molar-refractivity contribution in [2.75, 3.05) is 13.1 Å². The van der Waals surface area contributed by atoms with Crippen LogP contribution in [0.25, 0.3) is 0 Å². The molecule has 0 spiro atoms. The molecule has 0 aliphatic carbocycles. The number of hydrogen-bond donors (Lipinski definition) is 2. The van der Waals surface area contributed by atoms with Crippen LogP contribution in [0.1, 0.15) is 37.8 Å².